The van der Waals surface area contributed by atoms with Crippen molar-refractivity contribution >= 4 is 29.9 Å². The van der Waals surface area contributed by atoms with E-state index in [4.69, 9.17) is 22.1 Å². The second-order valence-corrected chi connectivity index (χ2v) is 7.69. The Labute approximate surface area is 153 Å². The van der Waals surface area contributed by atoms with Crippen molar-refractivity contribution in [1.82, 2.24) is 5.32 Å². The number of hydrogen-bond donors (Lipinski definition) is 2. The third-order valence-corrected chi connectivity index (χ3v) is 6.09. The smallest absolute Gasteiger partial charge is 0.223 e. The van der Waals surface area contributed by atoms with Crippen LogP contribution in [0.15, 0.2) is 18.2 Å². The van der Waals surface area contributed by atoms with E-state index in [-0.39, 0.29) is 30.3 Å². The number of nitrogens with one attached hydrogen (secondary N) is 1. The first-order chi connectivity index (χ1) is 11.1. The maximum atomic E-state index is 12.7. The fourth-order valence-corrected chi connectivity index (χ4v) is 4.78. The van der Waals surface area contributed by atoms with Crippen molar-refractivity contribution in [3.63, 3.8) is 0 Å². The summed E-state index contributed by atoms with van der Waals surface area (Å²) in [5.41, 5.74) is 7.31. The van der Waals surface area contributed by atoms with Crippen molar-refractivity contribution in [2.75, 3.05) is 6.61 Å². The van der Waals surface area contributed by atoms with Crippen LogP contribution >= 0.6 is 24.0 Å². The molecule has 2 fully saturated rings. The summed E-state index contributed by atoms with van der Waals surface area (Å²) in [7, 11) is 0. The number of amides is 1. The normalized spacial score (nSPS) is 33.8. The Morgan fingerprint density at radius 2 is 1.96 bits per heavy atom. The Kier molecular flexibility index (Phi) is 5.28. The van der Waals surface area contributed by atoms with Gasteiger partial charge in [-0.2, -0.15) is 0 Å². The molecule has 4 rings (SSSR count). The molecule has 1 aliphatic heterocycles. The van der Waals surface area contributed by atoms with Crippen LogP contribution in [0.25, 0.3) is 0 Å². The number of halogens is 2. The molecule has 1 aromatic rings. The van der Waals surface area contributed by atoms with Crippen LogP contribution in [0, 0.1) is 17.8 Å². The summed E-state index contributed by atoms with van der Waals surface area (Å²) in [4.78, 5) is 12.7. The highest BCUT2D eigenvalue weighted by Gasteiger charge is 2.41. The van der Waals surface area contributed by atoms with Crippen molar-refractivity contribution in [2.45, 2.75) is 44.2 Å². The predicted molar refractivity (Wildman–Crippen MR) is 96.6 cm³/mol. The maximum absolute atomic E-state index is 12.7. The van der Waals surface area contributed by atoms with Gasteiger partial charge in [0.2, 0.25) is 5.91 Å². The molecule has 3 unspecified atom stereocenters. The van der Waals surface area contributed by atoms with Crippen LogP contribution in [-0.2, 0) is 4.79 Å². The second kappa shape index (κ2) is 7.11. The van der Waals surface area contributed by atoms with Crippen LogP contribution in [0.5, 0.6) is 5.75 Å². The summed E-state index contributed by atoms with van der Waals surface area (Å²) in [6.45, 7) is 0.487. The molecule has 6 heteroatoms. The van der Waals surface area contributed by atoms with Gasteiger partial charge in [-0.15, -0.1) is 12.4 Å². The summed E-state index contributed by atoms with van der Waals surface area (Å²) in [6, 6.07) is 5.77. The first kappa shape index (κ1) is 17.8. The zero-order valence-corrected chi connectivity index (χ0v) is 15.1. The largest absolute Gasteiger partial charge is 0.491 e. The molecule has 2 aliphatic carbocycles. The standard InChI is InChI=1S/C18H23ClN2O2.ClH/c19-13-4-5-16-14(8-13)15(9-23-16)21-18(22)12-6-10-2-1-3-11(7-12)17(10)20;/h4-5,8,10-12,15,17H,1-3,6-7,9,20H2,(H,21,22);1H. The van der Waals surface area contributed by atoms with Crippen LogP contribution in [0.1, 0.15) is 43.7 Å². The molecular weight excluding hydrogens is 347 g/mol. The molecule has 1 amide bonds. The topological polar surface area (TPSA) is 64.4 Å². The van der Waals surface area contributed by atoms with E-state index in [0.717, 1.165) is 24.2 Å². The van der Waals surface area contributed by atoms with Gasteiger partial charge in [-0.1, -0.05) is 18.0 Å². The predicted octanol–water partition coefficient (Wildman–Crippen LogP) is 3.47. The Hall–Kier alpha value is -0.970. The van der Waals surface area contributed by atoms with Crippen molar-refractivity contribution in [2.24, 2.45) is 23.5 Å². The van der Waals surface area contributed by atoms with E-state index < -0.39 is 0 Å². The van der Waals surface area contributed by atoms with E-state index in [1.807, 2.05) is 18.2 Å². The summed E-state index contributed by atoms with van der Waals surface area (Å²) < 4.78 is 5.65. The van der Waals surface area contributed by atoms with Crippen molar-refractivity contribution < 1.29 is 9.53 Å². The number of rotatable bonds is 2. The van der Waals surface area contributed by atoms with E-state index >= 15 is 0 Å². The van der Waals surface area contributed by atoms with Crippen LogP contribution in [0.4, 0.5) is 0 Å². The lowest BCUT2D eigenvalue weighted by atomic mass is 9.65. The Bertz CT molecular complexity index is 611. The van der Waals surface area contributed by atoms with Crippen LogP contribution in [0.2, 0.25) is 5.02 Å². The molecule has 2 saturated carbocycles. The van der Waals surface area contributed by atoms with Crippen molar-refractivity contribution in [1.29, 1.82) is 0 Å². The number of carbonyl (C=O) groups excluding carboxylic acids is 1. The van der Waals surface area contributed by atoms with Gasteiger partial charge in [-0.25, -0.2) is 0 Å². The lowest BCUT2D eigenvalue weighted by molar-refractivity contribution is -0.128. The molecule has 1 aromatic carbocycles. The quantitative estimate of drug-likeness (QED) is 0.837. The minimum absolute atomic E-state index is 0. The van der Waals surface area contributed by atoms with Gasteiger partial charge in [0.05, 0.1) is 6.04 Å². The number of benzene rings is 1. The summed E-state index contributed by atoms with van der Waals surface area (Å²) in [6.07, 6.45) is 5.47. The van der Waals surface area contributed by atoms with Crippen molar-refractivity contribution in [3.05, 3.63) is 28.8 Å². The number of ether oxygens (including phenoxy) is 1. The van der Waals surface area contributed by atoms with Crippen molar-refractivity contribution in [3.8, 4) is 5.75 Å². The minimum Gasteiger partial charge on any atom is -0.491 e. The SMILES string of the molecule is Cl.NC1C2CCCC1CC(C(=O)NC1COc3ccc(Cl)cc31)C2. The second-order valence-electron chi connectivity index (χ2n) is 7.25. The highest BCUT2D eigenvalue weighted by molar-refractivity contribution is 6.30. The lowest BCUT2D eigenvalue weighted by Gasteiger charge is -2.43. The van der Waals surface area contributed by atoms with Gasteiger partial charge in [-0.3, -0.25) is 4.79 Å². The van der Waals surface area contributed by atoms with E-state index in [1.54, 1.807) is 0 Å². The first-order valence-corrected chi connectivity index (χ1v) is 8.98. The van der Waals surface area contributed by atoms with E-state index in [9.17, 15) is 4.79 Å². The van der Waals surface area contributed by atoms with E-state index in [0.29, 0.717) is 29.5 Å². The average Bonchev–Trinajstić information content (AvgIpc) is 2.89. The number of carbonyl (C=O) groups is 1. The molecule has 0 saturated heterocycles. The zero-order valence-electron chi connectivity index (χ0n) is 13.5. The molecule has 0 radical (unpaired) electrons. The summed E-state index contributed by atoms with van der Waals surface area (Å²) in [5.74, 6) is 2.09. The first-order valence-electron chi connectivity index (χ1n) is 8.60. The number of hydrogen-bond acceptors (Lipinski definition) is 3. The molecule has 3 aliphatic rings. The van der Waals surface area contributed by atoms with Gasteiger partial charge in [0.25, 0.3) is 0 Å². The average molecular weight is 371 g/mol. The number of nitrogens with two attached hydrogens (primary N) is 1. The summed E-state index contributed by atoms with van der Waals surface area (Å²) in [5, 5.41) is 3.85. The molecule has 3 atom stereocenters. The fraction of sp³-hybridized carbons (Fsp3) is 0.611. The molecule has 24 heavy (non-hydrogen) atoms. The van der Waals surface area contributed by atoms with Crippen LogP contribution in [-0.4, -0.2) is 18.6 Å². The third kappa shape index (κ3) is 3.24. The molecule has 4 nitrogen and oxygen atoms in total. The minimum atomic E-state index is -0.0911. The monoisotopic (exact) mass is 370 g/mol. The maximum Gasteiger partial charge on any atom is 0.223 e. The lowest BCUT2D eigenvalue weighted by Crippen LogP contribution is -2.49. The Morgan fingerprint density at radius 1 is 1.25 bits per heavy atom. The molecule has 132 valence electrons. The molecule has 1 heterocycles. The molecule has 0 spiro atoms. The third-order valence-electron chi connectivity index (χ3n) is 5.85. The van der Waals surface area contributed by atoms with E-state index in [2.05, 4.69) is 5.32 Å². The fourth-order valence-electron chi connectivity index (χ4n) is 4.60. The van der Waals surface area contributed by atoms with Crippen LogP contribution in [0.3, 0.4) is 0 Å². The van der Waals surface area contributed by atoms with E-state index in [1.165, 1.54) is 19.3 Å². The number of fused-ring (bicyclic) bond motifs is 3. The van der Waals surface area contributed by atoms with Crippen LogP contribution < -0.4 is 15.8 Å². The van der Waals surface area contributed by atoms with Gasteiger partial charge >= 0.3 is 0 Å². The van der Waals surface area contributed by atoms with Gasteiger partial charge in [0, 0.05) is 22.5 Å². The molecular formula is C18H24Cl2N2O2. The molecule has 0 aromatic heterocycles. The van der Waals surface area contributed by atoms with Gasteiger partial charge in [0.15, 0.2) is 0 Å². The van der Waals surface area contributed by atoms with Gasteiger partial charge < -0.3 is 15.8 Å². The Morgan fingerprint density at radius 3 is 2.67 bits per heavy atom. The summed E-state index contributed by atoms with van der Waals surface area (Å²) >= 11 is 6.07. The van der Waals surface area contributed by atoms with Gasteiger partial charge in [0.1, 0.15) is 12.4 Å². The molecule has 2 bridgehead atoms. The highest BCUT2D eigenvalue weighted by atomic mass is 35.5. The highest BCUT2D eigenvalue weighted by Crippen LogP contribution is 2.42. The molecule has 3 N–H and O–H groups in total. The Balaban J connectivity index is 0.00000169. The zero-order chi connectivity index (χ0) is 16.0. The van der Waals surface area contributed by atoms with Gasteiger partial charge in [-0.05, 0) is 55.7 Å².